The Bertz CT molecular complexity index is 615. The van der Waals surface area contributed by atoms with Crippen molar-refractivity contribution >= 4 is 5.91 Å². The zero-order chi connectivity index (χ0) is 17.0. The fourth-order valence-corrected chi connectivity index (χ4v) is 2.49. The first-order valence-electron chi connectivity index (χ1n) is 7.26. The molecule has 0 aromatic carbocycles. The fraction of sp³-hybridized carbons (Fsp3) is 0.643. The topological polar surface area (TPSA) is 64.4 Å². The van der Waals surface area contributed by atoms with Crippen molar-refractivity contribution in [3.8, 4) is 0 Å². The number of hydrogen-bond donors (Lipinski definition) is 0. The summed E-state index contributed by atoms with van der Waals surface area (Å²) in [5.74, 6) is -2.11. The summed E-state index contributed by atoms with van der Waals surface area (Å²) in [5, 5.41) is 3.92. The van der Waals surface area contributed by atoms with Gasteiger partial charge >= 0.3 is 6.18 Å². The second-order valence-electron chi connectivity index (χ2n) is 5.40. The zero-order valence-electron chi connectivity index (χ0n) is 12.7. The minimum atomic E-state index is -4.32. The van der Waals surface area contributed by atoms with Crippen LogP contribution in [0.1, 0.15) is 23.3 Å². The van der Waals surface area contributed by atoms with Gasteiger partial charge in [-0.1, -0.05) is 0 Å². The molecule has 1 unspecified atom stereocenters. The van der Waals surface area contributed by atoms with Crippen molar-refractivity contribution in [1.29, 1.82) is 0 Å². The van der Waals surface area contributed by atoms with Gasteiger partial charge < -0.3 is 9.64 Å². The summed E-state index contributed by atoms with van der Waals surface area (Å²) in [4.78, 5) is 25.1. The lowest BCUT2D eigenvalue weighted by molar-refractivity contribution is -0.184. The standard InChI is InChI=1S/C14H18F3N3O3/c1-23-8-7-20-12(21)5-4-11(18-20)13(22)19-6-2-3-10(9-19)14(15,16)17/h4-5,10H,2-3,6-9H2,1H3. The molecule has 1 aromatic rings. The van der Waals surface area contributed by atoms with Gasteiger partial charge in [0.1, 0.15) is 5.69 Å². The molecule has 0 aliphatic carbocycles. The number of likely N-dealkylation sites (tertiary alicyclic amines) is 1. The second-order valence-corrected chi connectivity index (χ2v) is 5.40. The van der Waals surface area contributed by atoms with E-state index in [4.69, 9.17) is 4.74 Å². The molecule has 0 bridgehead atoms. The average molecular weight is 333 g/mol. The lowest BCUT2D eigenvalue weighted by Gasteiger charge is -2.33. The van der Waals surface area contributed by atoms with Gasteiger partial charge in [0.2, 0.25) is 0 Å². The number of carbonyl (C=O) groups is 1. The summed E-state index contributed by atoms with van der Waals surface area (Å²) in [7, 11) is 1.46. The van der Waals surface area contributed by atoms with Crippen molar-refractivity contribution in [2.75, 3.05) is 26.8 Å². The maximum atomic E-state index is 12.8. The molecule has 23 heavy (non-hydrogen) atoms. The quantitative estimate of drug-likeness (QED) is 0.833. The molecule has 2 rings (SSSR count). The summed E-state index contributed by atoms with van der Waals surface area (Å²) < 4.78 is 44.4. The van der Waals surface area contributed by atoms with Crippen molar-refractivity contribution in [2.45, 2.75) is 25.6 Å². The first-order chi connectivity index (χ1) is 10.8. The monoisotopic (exact) mass is 333 g/mol. The number of piperidine rings is 1. The second kappa shape index (κ2) is 7.12. The van der Waals surface area contributed by atoms with Crippen LogP contribution in [0.15, 0.2) is 16.9 Å². The summed E-state index contributed by atoms with van der Waals surface area (Å²) in [6, 6.07) is 2.42. The van der Waals surface area contributed by atoms with Crippen molar-refractivity contribution in [3.63, 3.8) is 0 Å². The van der Waals surface area contributed by atoms with Gasteiger partial charge in [-0.15, -0.1) is 0 Å². The van der Waals surface area contributed by atoms with E-state index >= 15 is 0 Å². The summed E-state index contributed by atoms with van der Waals surface area (Å²) in [6.07, 6.45) is -4.00. The molecule has 9 heteroatoms. The predicted molar refractivity (Wildman–Crippen MR) is 75.1 cm³/mol. The Kier molecular flexibility index (Phi) is 5.40. The molecule has 0 radical (unpaired) electrons. The number of methoxy groups -OCH3 is 1. The Labute approximate surface area is 130 Å². The lowest BCUT2D eigenvalue weighted by Crippen LogP contribution is -2.45. The third-order valence-electron chi connectivity index (χ3n) is 3.76. The van der Waals surface area contributed by atoms with Gasteiger partial charge in [0.25, 0.3) is 11.5 Å². The molecule has 0 saturated carbocycles. The summed E-state index contributed by atoms with van der Waals surface area (Å²) >= 11 is 0. The molecule has 1 aromatic heterocycles. The Morgan fingerprint density at radius 3 is 2.83 bits per heavy atom. The van der Waals surface area contributed by atoms with Crippen LogP contribution in [-0.2, 0) is 11.3 Å². The van der Waals surface area contributed by atoms with Gasteiger partial charge in [-0.25, -0.2) is 4.68 Å². The molecule has 6 nitrogen and oxygen atoms in total. The van der Waals surface area contributed by atoms with Gasteiger partial charge in [0, 0.05) is 26.3 Å². The van der Waals surface area contributed by atoms with Crippen molar-refractivity contribution in [3.05, 3.63) is 28.2 Å². The van der Waals surface area contributed by atoms with Crippen LogP contribution < -0.4 is 5.56 Å². The van der Waals surface area contributed by atoms with Crippen molar-refractivity contribution in [2.24, 2.45) is 5.92 Å². The highest BCUT2D eigenvalue weighted by molar-refractivity contribution is 5.92. The number of alkyl halides is 3. The van der Waals surface area contributed by atoms with E-state index in [1.807, 2.05) is 0 Å². The fourth-order valence-electron chi connectivity index (χ4n) is 2.49. The Balaban J connectivity index is 2.15. The highest BCUT2D eigenvalue weighted by Gasteiger charge is 2.42. The Morgan fingerprint density at radius 1 is 1.43 bits per heavy atom. The maximum absolute atomic E-state index is 12.8. The first kappa shape index (κ1) is 17.5. The van der Waals surface area contributed by atoms with E-state index in [0.717, 1.165) is 9.58 Å². The van der Waals surface area contributed by atoms with Crippen LogP contribution in [0.4, 0.5) is 13.2 Å². The van der Waals surface area contributed by atoms with Gasteiger partial charge in [-0.3, -0.25) is 9.59 Å². The van der Waals surface area contributed by atoms with Crippen molar-refractivity contribution in [1.82, 2.24) is 14.7 Å². The van der Waals surface area contributed by atoms with Crippen LogP contribution in [-0.4, -0.2) is 53.6 Å². The van der Waals surface area contributed by atoms with Gasteiger partial charge in [0.05, 0.1) is 19.1 Å². The molecule has 1 fully saturated rings. The molecule has 0 spiro atoms. The van der Waals surface area contributed by atoms with Crippen molar-refractivity contribution < 1.29 is 22.7 Å². The number of rotatable bonds is 4. The average Bonchev–Trinajstić information content (AvgIpc) is 2.53. The first-order valence-corrected chi connectivity index (χ1v) is 7.26. The van der Waals surface area contributed by atoms with Crippen LogP contribution in [0, 0.1) is 5.92 Å². The summed E-state index contributed by atoms with van der Waals surface area (Å²) in [5.41, 5.74) is -0.436. The van der Waals surface area contributed by atoms with Crippen LogP contribution in [0.25, 0.3) is 0 Å². The van der Waals surface area contributed by atoms with E-state index in [0.29, 0.717) is 6.42 Å². The van der Waals surface area contributed by atoms with E-state index in [-0.39, 0.29) is 38.4 Å². The highest BCUT2D eigenvalue weighted by Crippen LogP contribution is 2.33. The maximum Gasteiger partial charge on any atom is 0.393 e. The third-order valence-corrected chi connectivity index (χ3v) is 3.76. The Hall–Kier alpha value is -1.90. The molecule has 1 amide bonds. The van der Waals surface area contributed by atoms with Gasteiger partial charge in [-0.2, -0.15) is 18.3 Å². The molecule has 2 heterocycles. The smallest absolute Gasteiger partial charge is 0.383 e. The molecule has 1 saturated heterocycles. The van der Waals surface area contributed by atoms with E-state index < -0.39 is 23.6 Å². The van der Waals surface area contributed by atoms with E-state index in [9.17, 15) is 22.8 Å². The molecule has 1 atom stereocenters. The third kappa shape index (κ3) is 4.31. The molecule has 128 valence electrons. The largest absolute Gasteiger partial charge is 0.393 e. The number of aromatic nitrogens is 2. The van der Waals surface area contributed by atoms with Crippen LogP contribution in [0.5, 0.6) is 0 Å². The lowest BCUT2D eigenvalue weighted by atomic mass is 9.97. The van der Waals surface area contributed by atoms with Crippen LogP contribution in [0.2, 0.25) is 0 Å². The normalized spacial score (nSPS) is 19.0. The van der Waals surface area contributed by atoms with E-state index in [2.05, 4.69) is 5.10 Å². The zero-order valence-corrected chi connectivity index (χ0v) is 12.7. The number of ether oxygens (including phenoxy) is 1. The molecule has 0 N–H and O–H groups in total. The number of halogens is 3. The predicted octanol–water partition coefficient (Wildman–Crippen LogP) is 1.30. The summed E-state index contributed by atoms with van der Waals surface area (Å²) in [6.45, 7) is 0.289. The molecular formula is C14H18F3N3O3. The minimum Gasteiger partial charge on any atom is -0.383 e. The highest BCUT2D eigenvalue weighted by atomic mass is 19.4. The number of nitrogens with zero attached hydrogens (tertiary/aromatic N) is 3. The van der Waals surface area contributed by atoms with Gasteiger partial charge in [-0.05, 0) is 18.9 Å². The SMILES string of the molecule is COCCn1nc(C(=O)N2CCCC(C(F)(F)F)C2)ccc1=O. The number of amides is 1. The van der Waals surface area contributed by atoms with E-state index in [1.54, 1.807) is 0 Å². The molecule has 1 aliphatic rings. The number of carbonyl (C=O) groups excluding carboxylic acids is 1. The minimum absolute atomic E-state index is 0.0219. The van der Waals surface area contributed by atoms with Gasteiger partial charge in [0.15, 0.2) is 0 Å². The van der Waals surface area contributed by atoms with Crippen LogP contribution in [0.3, 0.4) is 0 Å². The van der Waals surface area contributed by atoms with E-state index in [1.165, 1.54) is 19.2 Å². The molecule has 1 aliphatic heterocycles. The number of hydrogen-bond acceptors (Lipinski definition) is 4. The molecular weight excluding hydrogens is 315 g/mol. The van der Waals surface area contributed by atoms with Crippen LogP contribution >= 0.6 is 0 Å². The Morgan fingerprint density at radius 2 is 2.17 bits per heavy atom.